The molecule has 0 spiro atoms. The third kappa shape index (κ3) is 6.06. The molecule has 47 heavy (non-hydrogen) atoms. The molecule has 1 aliphatic carbocycles. The molecule has 2 amide bonds. The molecule has 4 aromatic rings. The average molecular weight is 678 g/mol. The number of rotatable bonds is 8. The number of nitrogens with zero attached hydrogens (tertiary/aromatic N) is 3. The molecule has 2 unspecified atom stereocenters. The van der Waals surface area contributed by atoms with Gasteiger partial charge in [0, 0.05) is 67.6 Å². The van der Waals surface area contributed by atoms with E-state index in [0.717, 1.165) is 33.1 Å². The molecular formula is C34H34Cl2N6O5. The topological polar surface area (TPSA) is 136 Å². The zero-order valence-electron chi connectivity index (χ0n) is 26.3. The van der Waals surface area contributed by atoms with E-state index in [0.29, 0.717) is 46.3 Å². The lowest BCUT2D eigenvalue weighted by molar-refractivity contribution is -0.119. The number of benzene rings is 2. The standard InChI is InChI=1S/C34H34Cl2N6O5/c1-17-13-18-14-25(40-32(47-4)27(18)30(17)37-15-19-11-12-26(43)38-19)22-9-5-7-20(28(22)35)21-8-6-10-24(29(21)36)39-31(44)23-16-41(2)34(46)42(3)33(23)45/h5-10,14,16-17,19,30,37H,11-13,15H2,1-4H3,(H,38,43)(H,39,44)/t17?,19-,30?/m0/s1. The minimum absolute atomic E-state index is 0.0264. The Morgan fingerprint density at radius 3 is 2.47 bits per heavy atom. The predicted octanol–water partition coefficient (Wildman–Crippen LogP) is 4.48. The van der Waals surface area contributed by atoms with Crippen molar-refractivity contribution in [3.8, 4) is 28.3 Å². The number of nitrogens with one attached hydrogen (secondary N) is 3. The molecule has 1 fully saturated rings. The summed E-state index contributed by atoms with van der Waals surface area (Å²) in [4.78, 5) is 54.4. The van der Waals surface area contributed by atoms with Gasteiger partial charge in [0.1, 0.15) is 5.56 Å². The van der Waals surface area contributed by atoms with Crippen molar-refractivity contribution in [3.05, 3.63) is 96.2 Å². The van der Waals surface area contributed by atoms with Gasteiger partial charge >= 0.3 is 5.69 Å². The Morgan fingerprint density at radius 2 is 1.77 bits per heavy atom. The largest absolute Gasteiger partial charge is 0.481 e. The number of hydrogen-bond acceptors (Lipinski definition) is 7. The average Bonchev–Trinajstić information content (AvgIpc) is 3.62. The van der Waals surface area contributed by atoms with Gasteiger partial charge in [0.25, 0.3) is 11.5 Å². The highest BCUT2D eigenvalue weighted by Gasteiger charge is 2.35. The van der Waals surface area contributed by atoms with Gasteiger partial charge in [-0.25, -0.2) is 9.78 Å². The van der Waals surface area contributed by atoms with Crippen LogP contribution in [0.3, 0.4) is 0 Å². The number of halogens is 2. The maximum absolute atomic E-state index is 13.1. The highest BCUT2D eigenvalue weighted by atomic mass is 35.5. The second-order valence-corrected chi connectivity index (χ2v) is 12.8. The number of aryl methyl sites for hydroxylation is 1. The van der Waals surface area contributed by atoms with Gasteiger partial charge in [-0.2, -0.15) is 0 Å². The molecule has 3 heterocycles. The zero-order chi connectivity index (χ0) is 33.6. The van der Waals surface area contributed by atoms with Gasteiger partial charge in [-0.05, 0) is 36.5 Å². The highest BCUT2D eigenvalue weighted by molar-refractivity contribution is 6.39. The van der Waals surface area contributed by atoms with Gasteiger partial charge in [0.05, 0.1) is 28.5 Å². The smallest absolute Gasteiger partial charge is 0.330 e. The van der Waals surface area contributed by atoms with E-state index in [1.165, 1.54) is 20.3 Å². The van der Waals surface area contributed by atoms with Crippen molar-refractivity contribution in [2.24, 2.45) is 20.0 Å². The van der Waals surface area contributed by atoms with E-state index < -0.39 is 17.2 Å². The van der Waals surface area contributed by atoms with Gasteiger partial charge in [-0.1, -0.05) is 60.5 Å². The van der Waals surface area contributed by atoms with E-state index >= 15 is 0 Å². The van der Waals surface area contributed by atoms with Crippen molar-refractivity contribution in [1.29, 1.82) is 0 Å². The molecule has 6 rings (SSSR count). The normalized spacial score (nSPS) is 18.6. The lowest BCUT2D eigenvalue weighted by atomic mass is 9.99. The number of hydrogen-bond donors (Lipinski definition) is 3. The first kappa shape index (κ1) is 32.5. The van der Waals surface area contributed by atoms with Crippen LogP contribution in [0, 0.1) is 5.92 Å². The van der Waals surface area contributed by atoms with E-state index in [-0.39, 0.29) is 40.2 Å². The summed E-state index contributed by atoms with van der Waals surface area (Å²) in [5.41, 5.74) is 3.45. The van der Waals surface area contributed by atoms with Gasteiger partial charge in [-0.15, -0.1) is 0 Å². The monoisotopic (exact) mass is 676 g/mol. The summed E-state index contributed by atoms with van der Waals surface area (Å²) in [6.07, 6.45) is 3.39. The number of ether oxygens (including phenoxy) is 1. The van der Waals surface area contributed by atoms with Crippen molar-refractivity contribution < 1.29 is 14.3 Å². The molecule has 11 nitrogen and oxygen atoms in total. The van der Waals surface area contributed by atoms with Gasteiger partial charge in [0.15, 0.2) is 0 Å². The second kappa shape index (κ2) is 13.0. The summed E-state index contributed by atoms with van der Waals surface area (Å²) in [6.45, 7) is 2.85. The fourth-order valence-corrected chi connectivity index (χ4v) is 7.06. The van der Waals surface area contributed by atoms with Crippen LogP contribution in [-0.4, -0.2) is 45.6 Å². The van der Waals surface area contributed by atoms with Crippen LogP contribution in [0.5, 0.6) is 5.88 Å². The maximum Gasteiger partial charge on any atom is 0.330 e. The minimum atomic E-state index is -0.718. The Morgan fingerprint density at radius 1 is 1.06 bits per heavy atom. The van der Waals surface area contributed by atoms with Gasteiger partial charge < -0.3 is 25.3 Å². The van der Waals surface area contributed by atoms with Crippen LogP contribution in [0.15, 0.2) is 58.3 Å². The lowest BCUT2D eigenvalue weighted by Gasteiger charge is -2.22. The van der Waals surface area contributed by atoms with E-state index in [4.69, 9.17) is 32.9 Å². The Hall–Kier alpha value is -4.45. The first-order valence-corrected chi connectivity index (χ1v) is 16.0. The molecule has 2 aliphatic rings. The number of methoxy groups -OCH3 is 1. The molecule has 1 aliphatic heterocycles. The third-order valence-electron chi connectivity index (χ3n) is 8.90. The van der Waals surface area contributed by atoms with Crippen molar-refractivity contribution in [1.82, 2.24) is 24.8 Å². The SMILES string of the molecule is COc1nc(-c2cccc(-c3cccc(NC(=O)c4cn(C)c(=O)n(C)c4=O)c3Cl)c2Cl)cc2c1C(NC[C@@H]1CCC(=O)N1)C(C)C2. The van der Waals surface area contributed by atoms with Crippen LogP contribution in [0.4, 0.5) is 5.69 Å². The predicted molar refractivity (Wildman–Crippen MR) is 181 cm³/mol. The number of carbonyl (C=O) groups is 2. The van der Waals surface area contributed by atoms with Gasteiger partial charge in [0.2, 0.25) is 11.8 Å². The van der Waals surface area contributed by atoms with E-state index in [1.807, 2.05) is 24.3 Å². The molecule has 0 saturated carbocycles. The van der Waals surface area contributed by atoms with Crippen molar-refractivity contribution in [2.75, 3.05) is 19.0 Å². The Balaban J connectivity index is 1.31. The molecule has 3 atom stereocenters. The third-order valence-corrected chi connectivity index (χ3v) is 9.71. The summed E-state index contributed by atoms with van der Waals surface area (Å²) in [7, 11) is 4.37. The van der Waals surface area contributed by atoms with Gasteiger partial charge in [-0.3, -0.25) is 19.0 Å². The summed E-state index contributed by atoms with van der Waals surface area (Å²) in [6, 6.07) is 12.9. The molecule has 3 N–H and O–H groups in total. The Bertz CT molecular complexity index is 2040. The summed E-state index contributed by atoms with van der Waals surface area (Å²) in [5.74, 6) is 0.187. The molecular weight excluding hydrogens is 643 g/mol. The lowest BCUT2D eigenvalue weighted by Crippen LogP contribution is -2.40. The number of anilines is 1. The Kier molecular flexibility index (Phi) is 8.97. The number of carbonyl (C=O) groups excluding carboxylic acids is 2. The second-order valence-electron chi connectivity index (χ2n) is 12.0. The van der Waals surface area contributed by atoms with Crippen LogP contribution < -0.4 is 31.9 Å². The molecule has 2 aromatic heterocycles. The van der Waals surface area contributed by atoms with Crippen LogP contribution in [0.25, 0.3) is 22.4 Å². The summed E-state index contributed by atoms with van der Waals surface area (Å²) < 4.78 is 7.84. The minimum Gasteiger partial charge on any atom is -0.481 e. The Labute approximate surface area is 280 Å². The van der Waals surface area contributed by atoms with Crippen LogP contribution in [-0.2, 0) is 25.3 Å². The quantitative estimate of drug-likeness (QED) is 0.250. The summed E-state index contributed by atoms with van der Waals surface area (Å²) in [5, 5.41) is 9.99. The van der Waals surface area contributed by atoms with Crippen LogP contribution >= 0.6 is 23.2 Å². The first-order valence-electron chi connectivity index (χ1n) is 15.2. The number of pyridine rings is 1. The molecule has 1 saturated heterocycles. The highest BCUT2D eigenvalue weighted by Crippen LogP contribution is 2.45. The van der Waals surface area contributed by atoms with Crippen LogP contribution in [0.1, 0.15) is 47.3 Å². The number of fused-ring (bicyclic) bond motifs is 1. The first-order chi connectivity index (χ1) is 22.5. The zero-order valence-corrected chi connectivity index (χ0v) is 27.8. The fourth-order valence-electron chi connectivity index (χ4n) is 6.46. The molecule has 0 radical (unpaired) electrons. The van der Waals surface area contributed by atoms with Crippen molar-refractivity contribution in [3.63, 3.8) is 0 Å². The summed E-state index contributed by atoms with van der Waals surface area (Å²) >= 11 is 13.9. The van der Waals surface area contributed by atoms with Crippen molar-refractivity contribution in [2.45, 2.75) is 38.3 Å². The van der Waals surface area contributed by atoms with E-state index in [1.54, 1.807) is 25.3 Å². The number of amides is 2. The number of aromatic nitrogens is 3. The fraction of sp³-hybridized carbons (Fsp3) is 0.324. The van der Waals surface area contributed by atoms with E-state index in [2.05, 4.69) is 22.9 Å². The van der Waals surface area contributed by atoms with Crippen LogP contribution in [0.2, 0.25) is 10.0 Å². The molecule has 2 aromatic carbocycles. The molecule has 244 valence electrons. The van der Waals surface area contributed by atoms with E-state index in [9.17, 15) is 19.2 Å². The molecule has 0 bridgehead atoms. The maximum atomic E-state index is 13.1. The van der Waals surface area contributed by atoms with Crippen molar-refractivity contribution >= 4 is 40.7 Å². The molecule has 13 heteroatoms.